The summed E-state index contributed by atoms with van der Waals surface area (Å²) in [6.07, 6.45) is 0. The van der Waals surface area contributed by atoms with E-state index in [4.69, 9.17) is 11.6 Å². The highest BCUT2D eigenvalue weighted by molar-refractivity contribution is 7.12. The quantitative estimate of drug-likeness (QED) is 0.505. The molecular formula is C25H26ClN3O3S. The van der Waals surface area contributed by atoms with Crippen LogP contribution in [0.5, 0.6) is 0 Å². The average Bonchev–Trinajstić information content (AvgIpc) is 3.31. The first-order valence-electron chi connectivity index (χ1n) is 10.4. The van der Waals surface area contributed by atoms with E-state index in [1.165, 1.54) is 16.2 Å². The van der Waals surface area contributed by atoms with E-state index in [1.807, 2.05) is 39.0 Å². The third-order valence-electron chi connectivity index (χ3n) is 4.64. The summed E-state index contributed by atoms with van der Waals surface area (Å²) in [4.78, 5) is 41.3. The van der Waals surface area contributed by atoms with Crippen LogP contribution in [0.25, 0.3) is 0 Å². The molecule has 0 aliphatic carbocycles. The van der Waals surface area contributed by atoms with Crippen LogP contribution in [-0.2, 0) is 9.59 Å². The smallest absolute Gasteiger partial charge is 0.261 e. The van der Waals surface area contributed by atoms with Crippen LogP contribution in [0.2, 0.25) is 5.02 Å². The minimum Gasteiger partial charge on any atom is -0.349 e. The Morgan fingerprint density at radius 2 is 1.64 bits per heavy atom. The molecular weight excluding hydrogens is 458 g/mol. The van der Waals surface area contributed by atoms with Gasteiger partial charge in [-0.25, -0.2) is 0 Å². The number of rotatable bonds is 7. The van der Waals surface area contributed by atoms with Crippen molar-refractivity contribution < 1.29 is 14.4 Å². The number of nitrogens with zero attached hydrogens (tertiary/aromatic N) is 1. The van der Waals surface area contributed by atoms with Crippen molar-refractivity contribution in [1.29, 1.82) is 0 Å². The van der Waals surface area contributed by atoms with Gasteiger partial charge in [-0.05, 0) is 62.0 Å². The molecule has 3 aromatic rings. The molecule has 8 heteroatoms. The average molecular weight is 484 g/mol. The van der Waals surface area contributed by atoms with Crippen LogP contribution in [0.3, 0.4) is 0 Å². The molecule has 2 aromatic carbocycles. The van der Waals surface area contributed by atoms with Gasteiger partial charge in [0.25, 0.3) is 5.91 Å². The molecule has 172 valence electrons. The van der Waals surface area contributed by atoms with Crippen molar-refractivity contribution in [1.82, 2.24) is 10.6 Å². The fourth-order valence-electron chi connectivity index (χ4n) is 3.27. The fourth-order valence-corrected chi connectivity index (χ4v) is 4.03. The zero-order chi connectivity index (χ0) is 24.0. The van der Waals surface area contributed by atoms with Crippen molar-refractivity contribution in [3.63, 3.8) is 0 Å². The molecule has 3 rings (SSSR count). The first kappa shape index (κ1) is 24.5. The van der Waals surface area contributed by atoms with Crippen molar-refractivity contribution in [2.75, 3.05) is 11.4 Å². The highest BCUT2D eigenvalue weighted by Gasteiger charge is 2.34. The van der Waals surface area contributed by atoms with E-state index in [9.17, 15) is 14.4 Å². The molecule has 0 fully saturated rings. The first-order valence-corrected chi connectivity index (χ1v) is 11.7. The number of anilines is 1. The molecule has 1 unspecified atom stereocenters. The van der Waals surface area contributed by atoms with Gasteiger partial charge in [-0.1, -0.05) is 48.0 Å². The molecule has 0 radical (unpaired) electrons. The number of nitrogens with one attached hydrogen (secondary N) is 2. The van der Waals surface area contributed by atoms with Gasteiger partial charge in [-0.2, -0.15) is 0 Å². The Morgan fingerprint density at radius 3 is 2.21 bits per heavy atom. The van der Waals surface area contributed by atoms with Gasteiger partial charge in [0.2, 0.25) is 11.8 Å². The summed E-state index contributed by atoms with van der Waals surface area (Å²) in [6.45, 7) is 5.36. The number of carbonyl (C=O) groups is 3. The highest BCUT2D eigenvalue weighted by atomic mass is 35.5. The summed E-state index contributed by atoms with van der Waals surface area (Å²) in [5.41, 5.74) is 0.631. The Labute approximate surface area is 202 Å². The van der Waals surface area contributed by atoms with Crippen LogP contribution in [0.1, 0.15) is 42.0 Å². The van der Waals surface area contributed by atoms with Crippen molar-refractivity contribution >= 4 is 46.3 Å². The molecule has 0 spiro atoms. The molecule has 6 nitrogen and oxygen atoms in total. The van der Waals surface area contributed by atoms with Crippen molar-refractivity contribution in [3.8, 4) is 0 Å². The van der Waals surface area contributed by atoms with Crippen LogP contribution in [0.4, 0.5) is 5.69 Å². The molecule has 33 heavy (non-hydrogen) atoms. The van der Waals surface area contributed by atoms with E-state index < -0.39 is 17.5 Å². The number of hydrogen-bond acceptors (Lipinski definition) is 4. The van der Waals surface area contributed by atoms with E-state index in [1.54, 1.807) is 53.9 Å². The number of thiophene rings is 1. The third-order valence-corrected chi connectivity index (χ3v) is 5.76. The normalized spacial score (nSPS) is 12.0. The molecule has 1 aromatic heterocycles. The van der Waals surface area contributed by atoms with Crippen molar-refractivity contribution in [2.24, 2.45) is 0 Å². The topological polar surface area (TPSA) is 78.5 Å². The Hall–Kier alpha value is -3.16. The summed E-state index contributed by atoms with van der Waals surface area (Å²) in [7, 11) is 0. The minimum atomic E-state index is -0.947. The van der Waals surface area contributed by atoms with Crippen LogP contribution in [0.15, 0.2) is 72.1 Å². The molecule has 1 atom stereocenters. The zero-order valence-electron chi connectivity index (χ0n) is 18.7. The lowest BCUT2D eigenvalue weighted by molar-refractivity contribution is -0.127. The second kappa shape index (κ2) is 10.6. The number of hydrogen-bond donors (Lipinski definition) is 2. The van der Waals surface area contributed by atoms with Gasteiger partial charge in [0.05, 0.1) is 11.4 Å². The number of carbonyl (C=O) groups excluding carboxylic acids is 3. The Kier molecular flexibility index (Phi) is 7.89. The molecule has 2 N–H and O–H groups in total. The number of amides is 3. The zero-order valence-corrected chi connectivity index (χ0v) is 20.2. The van der Waals surface area contributed by atoms with Gasteiger partial charge in [0.1, 0.15) is 6.04 Å². The standard InChI is InChI=1S/C25H26ClN3O3S/c1-25(2,3)28-24(32)22(17-8-5-4-6-9-17)29(19-13-11-18(26)12-14-19)21(30)16-27-23(31)20-10-7-15-33-20/h4-15,22H,16H2,1-3H3,(H,27,31)(H,28,32). The SMILES string of the molecule is CC(C)(C)NC(=O)C(c1ccccc1)N(C(=O)CNC(=O)c1cccs1)c1ccc(Cl)cc1. The number of benzene rings is 2. The van der Waals surface area contributed by atoms with Gasteiger partial charge in [0.15, 0.2) is 0 Å². The lowest BCUT2D eigenvalue weighted by Crippen LogP contribution is -2.51. The Balaban J connectivity index is 1.98. The van der Waals surface area contributed by atoms with Gasteiger partial charge in [-0.15, -0.1) is 11.3 Å². The summed E-state index contributed by atoms with van der Waals surface area (Å²) >= 11 is 7.35. The van der Waals surface area contributed by atoms with E-state index >= 15 is 0 Å². The van der Waals surface area contributed by atoms with E-state index in [0.717, 1.165) is 0 Å². The Bertz CT molecular complexity index is 1090. The fraction of sp³-hybridized carbons (Fsp3) is 0.240. The van der Waals surface area contributed by atoms with Gasteiger partial charge >= 0.3 is 0 Å². The monoisotopic (exact) mass is 483 g/mol. The predicted octanol–water partition coefficient (Wildman–Crippen LogP) is 4.82. The maximum absolute atomic E-state index is 13.5. The third kappa shape index (κ3) is 6.66. The maximum atomic E-state index is 13.5. The molecule has 0 aliphatic rings. The summed E-state index contributed by atoms with van der Waals surface area (Å²) in [5.74, 6) is -1.11. The van der Waals surface area contributed by atoms with Crippen LogP contribution < -0.4 is 15.5 Å². The lowest BCUT2D eigenvalue weighted by atomic mass is 10.0. The minimum absolute atomic E-state index is 0.272. The molecule has 0 aliphatic heterocycles. The molecule has 0 saturated carbocycles. The van der Waals surface area contributed by atoms with Crippen LogP contribution >= 0.6 is 22.9 Å². The summed E-state index contributed by atoms with van der Waals surface area (Å²) in [6, 6.07) is 18.3. The predicted molar refractivity (Wildman–Crippen MR) is 133 cm³/mol. The van der Waals surface area contributed by atoms with E-state index in [0.29, 0.717) is 21.2 Å². The second-order valence-electron chi connectivity index (χ2n) is 8.45. The maximum Gasteiger partial charge on any atom is 0.261 e. The van der Waals surface area contributed by atoms with Gasteiger partial charge in [-0.3, -0.25) is 19.3 Å². The van der Waals surface area contributed by atoms with E-state index in [2.05, 4.69) is 10.6 Å². The highest BCUT2D eigenvalue weighted by Crippen LogP contribution is 2.29. The van der Waals surface area contributed by atoms with Crippen LogP contribution in [-0.4, -0.2) is 29.8 Å². The van der Waals surface area contributed by atoms with E-state index in [-0.39, 0.29) is 18.4 Å². The lowest BCUT2D eigenvalue weighted by Gasteiger charge is -2.34. The van der Waals surface area contributed by atoms with Crippen molar-refractivity contribution in [2.45, 2.75) is 32.4 Å². The number of halogens is 1. The second-order valence-corrected chi connectivity index (χ2v) is 9.84. The van der Waals surface area contributed by atoms with Crippen molar-refractivity contribution in [3.05, 3.63) is 87.6 Å². The molecule has 1 heterocycles. The molecule has 0 saturated heterocycles. The van der Waals surface area contributed by atoms with Crippen LogP contribution in [0, 0.1) is 0 Å². The largest absolute Gasteiger partial charge is 0.349 e. The Morgan fingerprint density at radius 1 is 0.970 bits per heavy atom. The first-order chi connectivity index (χ1) is 15.7. The molecule has 0 bridgehead atoms. The van der Waals surface area contributed by atoms with Gasteiger partial charge in [0, 0.05) is 16.2 Å². The van der Waals surface area contributed by atoms with Gasteiger partial charge < -0.3 is 10.6 Å². The molecule has 3 amide bonds. The summed E-state index contributed by atoms with van der Waals surface area (Å²) < 4.78 is 0. The summed E-state index contributed by atoms with van der Waals surface area (Å²) in [5, 5.41) is 7.94.